The Morgan fingerprint density at radius 2 is 1.91 bits per heavy atom. The summed E-state index contributed by atoms with van der Waals surface area (Å²) in [5.41, 5.74) is -0.256. The van der Waals surface area contributed by atoms with Gasteiger partial charge in [-0.15, -0.1) is 0 Å². The molecule has 15 heteroatoms. The van der Waals surface area contributed by atoms with Crippen molar-refractivity contribution in [1.82, 2.24) is 9.97 Å². The van der Waals surface area contributed by atoms with Crippen LogP contribution in [-0.4, -0.2) is 56.1 Å². The fraction of sp³-hybridized carbons (Fsp3) is 0.421. The number of hydrogen-bond donors (Lipinski definition) is 2. The number of anilines is 2. The highest BCUT2D eigenvalue weighted by Crippen LogP contribution is 2.34. The van der Waals surface area contributed by atoms with Gasteiger partial charge in [0.15, 0.2) is 11.6 Å². The largest absolute Gasteiger partial charge is 0.482 e. The number of ether oxygens (including phenoxy) is 1. The number of nitrogens with zero attached hydrogens (tertiary/aromatic N) is 3. The van der Waals surface area contributed by atoms with Gasteiger partial charge in [0.05, 0.1) is 11.3 Å². The molecule has 0 spiro atoms. The minimum Gasteiger partial charge on any atom is -0.482 e. The number of rotatable bonds is 6. The number of aromatic nitrogens is 2. The molecule has 3 rings (SSSR count). The lowest BCUT2D eigenvalue weighted by Crippen LogP contribution is -2.40. The molecule has 1 aliphatic rings. The van der Waals surface area contributed by atoms with Crippen LogP contribution in [0, 0.1) is 6.92 Å². The normalized spacial score (nSPS) is 16.3. The predicted molar refractivity (Wildman–Crippen MR) is 110 cm³/mol. The number of hydrogen-bond acceptors (Lipinski definition) is 7. The van der Waals surface area contributed by atoms with Crippen LogP contribution in [0.3, 0.4) is 0 Å². The van der Waals surface area contributed by atoms with E-state index in [2.05, 4.69) is 15.3 Å². The Balaban J connectivity index is 1.97. The maximum absolute atomic E-state index is 13.6. The van der Waals surface area contributed by atoms with E-state index in [-0.39, 0.29) is 41.6 Å². The van der Waals surface area contributed by atoms with Gasteiger partial charge in [0.2, 0.25) is 0 Å². The van der Waals surface area contributed by atoms with Crippen LogP contribution in [0.2, 0.25) is 0 Å². The van der Waals surface area contributed by atoms with Gasteiger partial charge in [0, 0.05) is 43.9 Å². The van der Waals surface area contributed by atoms with Gasteiger partial charge in [-0.25, -0.2) is 32.3 Å². The standard InChI is InChI=1S/C19H20F5N5O4S/c1-11-14(33-10-19(22,23)24)9-13(16(27-11)29-6-3-18(20,21)4-7-29)17(30)28-12-2-5-26-15(8-12)34(25,31)32/h2,5,8-9H,3-4,6-7,10H2,1H3,(H2,25,31,32)(H,26,28,30). The van der Waals surface area contributed by atoms with E-state index in [4.69, 9.17) is 9.88 Å². The Labute approximate surface area is 191 Å². The molecule has 0 radical (unpaired) electrons. The molecule has 34 heavy (non-hydrogen) atoms. The van der Waals surface area contributed by atoms with Crippen LogP contribution in [0.15, 0.2) is 29.4 Å². The zero-order valence-electron chi connectivity index (χ0n) is 17.7. The maximum atomic E-state index is 13.6. The third-order valence-corrected chi connectivity index (χ3v) is 5.67. The van der Waals surface area contributed by atoms with Gasteiger partial charge in [0.1, 0.15) is 11.6 Å². The number of carbonyl (C=O) groups is 1. The molecular formula is C19H20F5N5O4S. The first-order chi connectivity index (χ1) is 15.6. The number of alkyl halides is 5. The summed E-state index contributed by atoms with van der Waals surface area (Å²) in [4.78, 5) is 22.2. The zero-order chi connectivity index (χ0) is 25.3. The van der Waals surface area contributed by atoms with E-state index in [0.717, 1.165) is 18.3 Å². The second kappa shape index (κ2) is 9.29. The number of halogens is 5. The molecule has 1 amide bonds. The molecule has 1 aliphatic heterocycles. The number of sulfonamides is 1. The molecule has 0 aliphatic carbocycles. The molecule has 1 saturated heterocycles. The van der Waals surface area contributed by atoms with E-state index in [0.29, 0.717) is 0 Å². The molecule has 0 unspecified atom stereocenters. The van der Waals surface area contributed by atoms with Crippen LogP contribution in [-0.2, 0) is 10.0 Å². The quantitative estimate of drug-likeness (QED) is 0.574. The van der Waals surface area contributed by atoms with Gasteiger partial charge in [-0.3, -0.25) is 4.79 Å². The number of primary sulfonamides is 1. The van der Waals surface area contributed by atoms with Gasteiger partial charge < -0.3 is 15.0 Å². The number of amides is 1. The number of carbonyl (C=O) groups excluding carboxylic acids is 1. The van der Waals surface area contributed by atoms with Crippen molar-refractivity contribution in [1.29, 1.82) is 0 Å². The highest BCUT2D eigenvalue weighted by atomic mass is 32.2. The minimum absolute atomic E-state index is 0.0218. The second-order valence-corrected chi connectivity index (χ2v) is 9.08. The van der Waals surface area contributed by atoms with Crippen molar-refractivity contribution in [2.24, 2.45) is 5.14 Å². The van der Waals surface area contributed by atoms with Crippen LogP contribution in [0.4, 0.5) is 33.5 Å². The molecule has 0 aromatic carbocycles. The zero-order valence-corrected chi connectivity index (χ0v) is 18.5. The van der Waals surface area contributed by atoms with Gasteiger partial charge in [-0.1, -0.05) is 0 Å². The first kappa shape index (κ1) is 25.6. The molecule has 9 nitrogen and oxygen atoms in total. The summed E-state index contributed by atoms with van der Waals surface area (Å²) >= 11 is 0. The van der Waals surface area contributed by atoms with Crippen molar-refractivity contribution in [3.63, 3.8) is 0 Å². The van der Waals surface area contributed by atoms with Crippen molar-refractivity contribution in [2.45, 2.75) is 36.9 Å². The summed E-state index contributed by atoms with van der Waals surface area (Å²) in [5, 5.41) is 6.89. The Morgan fingerprint density at radius 1 is 1.26 bits per heavy atom. The average Bonchev–Trinajstić information content (AvgIpc) is 2.71. The van der Waals surface area contributed by atoms with E-state index < -0.39 is 52.5 Å². The van der Waals surface area contributed by atoms with E-state index in [1.165, 1.54) is 17.9 Å². The summed E-state index contributed by atoms with van der Waals surface area (Å²) in [6.07, 6.45) is -4.56. The van der Waals surface area contributed by atoms with Gasteiger partial charge in [-0.05, 0) is 19.1 Å². The highest BCUT2D eigenvalue weighted by Gasteiger charge is 2.36. The molecular weight excluding hydrogens is 489 g/mol. The van der Waals surface area contributed by atoms with Crippen LogP contribution >= 0.6 is 0 Å². The molecule has 2 aromatic rings. The van der Waals surface area contributed by atoms with Crippen molar-refractivity contribution < 1.29 is 39.9 Å². The van der Waals surface area contributed by atoms with E-state index in [1.807, 2.05) is 0 Å². The smallest absolute Gasteiger partial charge is 0.422 e. The number of nitrogens with one attached hydrogen (secondary N) is 1. The number of aryl methyl sites for hydroxylation is 1. The summed E-state index contributed by atoms with van der Waals surface area (Å²) in [6, 6.07) is 3.28. The van der Waals surface area contributed by atoms with E-state index in [1.54, 1.807) is 0 Å². The molecule has 186 valence electrons. The first-order valence-corrected chi connectivity index (χ1v) is 11.3. The van der Waals surface area contributed by atoms with Crippen LogP contribution in [0.1, 0.15) is 28.9 Å². The Bertz CT molecular complexity index is 1180. The lowest BCUT2D eigenvalue weighted by molar-refractivity contribution is -0.153. The predicted octanol–water partition coefficient (Wildman–Crippen LogP) is 2.86. The van der Waals surface area contributed by atoms with E-state index in [9.17, 15) is 35.2 Å². The molecule has 0 atom stereocenters. The molecule has 2 aromatic heterocycles. The summed E-state index contributed by atoms with van der Waals surface area (Å²) in [6.45, 7) is -0.564. The average molecular weight is 509 g/mol. The third kappa shape index (κ3) is 6.50. The second-order valence-electron chi connectivity index (χ2n) is 7.57. The molecule has 0 bridgehead atoms. The maximum Gasteiger partial charge on any atom is 0.422 e. The van der Waals surface area contributed by atoms with Crippen molar-refractivity contribution in [2.75, 3.05) is 29.9 Å². The fourth-order valence-corrected chi connectivity index (χ4v) is 3.67. The minimum atomic E-state index is -4.65. The highest BCUT2D eigenvalue weighted by molar-refractivity contribution is 7.89. The van der Waals surface area contributed by atoms with Crippen molar-refractivity contribution >= 4 is 27.4 Å². The number of pyridine rings is 2. The molecule has 1 fully saturated rings. The number of piperidine rings is 1. The monoisotopic (exact) mass is 509 g/mol. The summed E-state index contributed by atoms with van der Waals surface area (Å²) in [5.74, 6) is -4.12. The molecule has 3 heterocycles. The van der Waals surface area contributed by atoms with E-state index >= 15 is 0 Å². The van der Waals surface area contributed by atoms with Crippen LogP contribution in [0.5, 0.6) is 5.75 Å². The molecule has 0 saturated carbocycles. The van der Waals surface area contributed by atoms with Crippen LogP contribution < -0.4 is 20.1 Å². The Morgan fingerprint density at radius 3 is 2.50 bits per heavy atom. The molecule has 3 N–H and O–H groups in total. The summed E-state index contributed by atoms with van der Waals surface area (Å²) < 4.78 is 92.9. The topological polar surface area (TPSA) is 128 Å². The van der Waals surface area contributed by atoms with Gasteiger partial charge in [0.25, 0.3) is 21.9 Å². The Hall–Kier alpha value is -3.07. The third-order valence-electron chi connectivity index (χ3n) is 4.86. The SMILES string of the molecule is Cc1nc(N2CCC(F)(F)CC2)c(C(=O)Nc2ccnc(S(N)(=O)=O)c2)cc1OCC(F)(F)F. The van der Waals surface area contributed by atoms with Gasteiger partial charge in [-0.2, -0.15) is 13.2 Å². The summed E-state index contributed by atoms with van der Waals surface area (Å²) in [7, 11) is -4.18. The van der Waals surface area contributed by atoms with Gasteiger partial charge >= 0.3 is 6.18 Å². The fourth-order valence-electron chi connectivity index (χ4n) is 3.17. The Kier molecular flexibility index (Phi) is 6.98. The van der Waals surface area contributed by atoms with Crippen LogP contribution in [0.25, 0.3) is 0 Å². The lowest BCUT2D eigenvalue weighted by atomic mass is 10.1. The number of nitrogens with two attached hydrogens (primary N) is 1. The first-order valence-electron chi connectivity index (χ1n) is 9.79. The van der Waals surface area contributed by atoms with Crippen molar-refractivity contribution in [3.8, 4) is 5.75 Å². The lowest BCUT2D eigenvalue weighted by Gasteiger charge is -2.33. The van der Waals surface area contributed by atoms with Crippen molar-refractivity contribution in [3.05, 3.63) is 35.7 Å².